The van der Waals surface area contributed by atoms with E-state index in [4.69, 9.17) is 0 Å². The van der Waals surface area contributed by atoms with Crippen LogP contribution in [0.15, 0.2) is 73.2 Å². The number of hydrogen-bond acceptors (Lipinski definition) is 5. The molecule has 0 fully saturated rings. The topological polar surface area (TPSA) is 136 Å². The van der Waals surface area contributed by atoms with Crippen LogP contribution >= 0.6 is 0 Å². The van der Waals surface area contributed by atoms with Gasteiger partial charge in [-0.15, -0.1) is 0 Å². The van der Waals surface area contributed by atoms with Crippen LogP contribution in [0.25, 0.3) is 0 Å². The molecule has 0 spiro atoms. The number of aliphatic carboxylic acids is 1. The fourth-order valence-corrected chi connectivity index (χ4v) is 4.04. The maximum Gasteiger partial charge on any atom is 0.321 e. The number of carboxylic acids is 1. The van der Waals surface area contributed by atoms with Gasteiger partial charge >= 0.3 is 5.97 Å². The summed E-state index contributed by atoms with van der Waals surface area (Å²) in [5, 5.41) is 18.6. The second-order valence-corrected chi connectivity index (χ2v) is 9.47. The maximum atomic E-state index is 13.5. The van der Waals surface area contributed by atoms with Crippen LogP contribution in [-0.2, 0) is 33.8 Å². The molecule has 3 aromatic rings. The van der Waals surface area contributed by atoms with Gasteiger partial charge in [0, 0.05) is 31.3 Å². The number of imidazole rings is 1. The smallest absolute Gasteiger partial charge is 0.321 e. The minimum absolute atomic E-state index is 0.115. The predicted molar refractivity (Wildman–Crippen MR) is 140 cm³/mol. The Morgan fingerprint density at radius 1 is 0.865 bits per heavy atom. The molecule has 0 aliphatic rings. The molecule has 9 nitrogen and oxygen atoms in total. The zero-order valence-corrected chi connectivity index (χ0v) is 21.2. The van der Waals surface area contributed by atoms with Crippen molar-refractivity contribution in [3.63, 3.8) is 0 Å². The number of rotatable bonds is 14. The van der Waals surface area contributed by atoms with E-state index < -0.39 is 30.0 Å². The van der Waals surface area contributed by atoms with E-state index in [0.717, 1.165) is 11.1 Å². The first-order valence-corrected chi connectivity index (χ1v) is 12.4. The van der Waals surface area contributed by atoms with Gasteiger partial charge in [0.25, 0.3) is 0 Å². The van der Waals surface area contributed by atoms with Gasteiger partial charge in [-0.1, -0.05) is 74.5 Å². The van der Waals surface area contributed by atoms with Crippen LogP contribution < -0.4 is 16.0 Å². The molecule has 0 bridgehead atoms. The van der Waals surface area contributed by atoms with Gasteiger partial charge in [0.1, 0.15) is 12.1 Å². The van der Waals surface area contributed by atoms with Crippen LogP contribution in [0.4, 0.5) is 0 Å². The number of nitrogens with zero attached hydrogens (tertiary/aromatic N) is 1. The van der Waals surface area contributed by atoms with E-state index in [1.165, 1.54) is 6.33 Å². The second-order valence-electron chi connectivity index (χ2n) is 9.47. The molecule has 2 amide bonds. The Bertz CT molecular complexity index is 1120. The van der Waals surface area contributed by atoms with E-state index in [1.807, 2.05) is 74.5 Å². The van der Waals surface area contributed by atoms with Gasteiger partial charge in [0.2, 0.25) is 11.8 Å². The van der Waals surface area contributed by atoms with Crippen LogP contribution in [0.5, 0.6) is 0 Å². The van der Waals surface area contributed by atoms with Crippen molar-refractivity contribution in [1.29, 1.82) is 0 Å². The number of carboxylic acid groups (broad SMARTS) is 1. The number of carbonyl (C=O) groups is 3. The zero-order chi connectivity index (χ0) is 26.6. The van der Waals surface area contributed by atoms with Crippen LogP contribution in [0.3, 0.4) is 0 Å². The molecule has 3 rings (SSSR count). The summed E-state index contributed by atoms with van der Waals surface area (Å²) in [5.74, 6) is -1.68. The van der Waals surface area contributed by atoms with Crippen molar-refractivity contribution in [2.75, 3.05) is 0 Å². The quantitative estimate of drug-likeness (QED) is 0.228. The van der Waals surface area contributed by atoms with Crippen LogP contribution in [0.1, 0.15) is 37.1 Å². The highest BCUT2D eigenvalue weighted by molar-refractivity contribution is 5.90. The Labute approximate surface area is 217 Å². The number of nitrogens with one attached hydrogen (secondary N) is 4. The Morgan fingerprint density at radius 3 is 2.08 bits per heavy atom. The van der Waals surface area contributed by atoms with Gasteiger partial charge < -0.3 is 20.7 Å². The van der Waals surface area contributed by atoms with Gasteiger partial charge in [-0.25, -0.2) is 4.98 Å². The van der Waals surface area contributed by atoms with Crippen molar-refractivity contribution >= 4 is 17.8 Å². The molecule has 3 atom stereocenters. The Morgan fingerprint density at radius 2 is 1.51 bits per heavy atom. The van der Waals surface area contributed by atoms with E-state index in [-0.39, 0.29) is 18.2 Å². The summed E-state index contributed by atoms with van der Waals surface area (Å²) < 4.78 is 0. The summed E-state index contributed by atoms with van der Waals surface area (Å²) >= 11 is 0. The average molecular weight is 506 g/mol. The molecule has 0 saturated carbocycles. The van der Waals surface area contributed by atoms with E-state index >= 15 is 0 Å². The second kappa shape index (κ2) is 13.9. The highest BCUT2D eigenvalue weighted by Gasteiger charge is 2.30. The summed E-state index contributed by atoms with van der Waals surface area (Å²) in [5.41, 5.74) is 2.49. The van der Waals surface area contributed by atoms with E-state index in [1.54, 1.807) is 6.20 Å². The molecule has 0 radical (unpaired) electrons. The Hall–Kier alpha value is -3.98. The van der Waals surface area contributed by atoms with Gasteiger partial charge in [-0.05, 0) is 23.5 Å². The van der Waals surface area contributed by atoms with E-state index in [9.17, 15) is 19.5 Å². The first kappa shape index (κ1) is 27.6. The zero-order valence-electron chi connectivity index (χ0n) is 21.2. The number of amides is 2. The highest BCUT2D eigenvalue weighted by Crippen LogP contribution is 2.10. The maximum absolute atomic E-state index is 13.5. The third kappa shape index (κ3) is 9.20. The minimum Gasteiger partial charge on any atom is -0.480 e. The Balaban J connectivity index is 1.74. The molecule has 1 aromatic heterocycles. The fourth-order valence-electron chi connectivity index (χ4n) is 4.04. The lowest BCUT2D eigenvalue weighted by molar-refractivity contribution is -0.140. The number of aromatic amines is 1. The van der Waals surface area contributed by atoms with Crippen molar-refractivity contribution in [2.24, 2.45) is 5.92 Å². The van der Waals surface area contributed by atoms with Gasteiger partial charge in [0.15, 0.2) is 0 Å². The number of hydrogen-bond donors (Lipinski definition) is 5. The predicted octanol–water partition coefficient (Wildman–Crippen LogP) is 2.45. The molecule has 196 valence electrons. The summed E-state index contributed by atoms with van der Waals surface area (Å²) in [6.07, 6.45) is 3.89. The van der Waals surface area contributed by atoms with Crippen molar-refractivity contribution in [1.82, 2.24) is 25.9 Å². The third-order valence-corrected chi connectivity index (χ3v) is 5.93. The highest BCUT2D eigenvalue weighted by atomic mass is 16.4. The number of aromatic nitrogens is 2. The third-order valence-electron chi connectivity index (χ3n) is 5.93. The van der Waals surface area contributed by atoms with Crippen molar-refractivity contribution in [2.45, 2.75) is 57.8 Å². The summed E-state index contributed by atoms with van der Waals surface area (Å²) in [6, 6.07) is 16.4. The van der Waals surface area contributed by atoms with Crippen molar-refractivity contribution in [3.8, 4) is 0 Å². The lowest BCUT2D eigenvalue weighted by Crippen LogP contribution is -2.56. The van der Waals surface area contributed by atoms with Crippen LogP contribution in [0, 0.1) is 5.92 Å². The summed E-state index contributed by atoms with van der Waals surface area (Å²) in [7, 11) is 0. The SMILES string of the molecule is CC(C)CC(N[C@H](Cc1cnc[nH]1)C(=O)O)C(=O)N[C@@H](Cc1ccccc1)C(=O)NCc1ccccc1. The van der Waals surface area contributed by atoms with Crippen molar-refractivity contribution in [3.05, 3.63) is 90.0 Å². The summed E-state index contributed by atoms with van der Waals surface area (Å²) in [6.45, 7) is 4.25. The first-order chi connectivity index (χ1) is 17.8. The van der Waals surface area contributed by atoms with Crippen LogP contribution in [0.2, 0.25) is 0 Å². The molecule has 1 heterocycles. The lowest BCUT2D eigenvalue weighted by Gasteiger charge is -2.26. The molecular weight excluding hydrogens is 470 g/mol. The molecule has 0 saturated heterocycles. The minimum atomic E-state index is -1.07. The number of benzene rings is 2. The lowest BCUT2D eigenvalue weighted by atomic mass is 9.99. The molecule has 1 unspecified atom stereocenters. The largest absolute Gasteiger partial charge is 0.480 e. The van der Waals surface area contributed by atoms with Gasteiger partial charge in [-0.2, -0.15) is 0 Å². The molecule has 0 aliphatic carbocycles. The molecule has 5 N–H and O–H groups in total. The monoisotopic (exact) mass is 505 g/mol. The number of H-pyrrole nitrogens is 1. The van der Waals surface area contributed by atoms with E-state index in [2.05, 4.69) is 25.9 Å². The van der Waals surface area contributed by atoms with Crippen LogP contribution in [-0.4, -0.2) is 51.0 Å². The van der Waals surface area contributed by atoms with Gasteiger partial charge in [0.05, 0.1) is 12.4 Å². The standard InChI is InChI=1S/C28H35N5O4/c1-19(2)13-23(32-25(28(36)37)15-22-17-29-18-31-22)27(35)33-24(14-20-9-5-3-6-10-20)26(34)30-16-21-11-7-4-8-12-21/h3-12,17-19,23-25,32H,13-16H2,1-2H3,(H,29,31)(H,30,34)(H,33,35)(H,36,37)/t23?,24-,25+/m0/s1. The molecule has 37 heavy (non-hydrogen) atoms. The summed E-state index contributed by atoms with van der Waals surface area (Å²) in [4.78, 5) is 45.4. The first-order valence-electron chi connectivity index (χ1n) is 12.4. The average Bonchev–Trinajstić information content (AvgIpc) is 3.40. The van der Waals surface area contributed by atoms with Gasteiger partial charge in [-0.3, -0.25) is 19.7 Å². The Kier molecular flexibility index (Phi) is 10.4. The normalized spacial score (nSPS) is 13.5. The number of carbonyl (C=O) groups excluding carboxylic acids is 2. The van der Waals surface area contributed by atoms with Crippen molar-refractivity contribution < 1.29 is 19.5 Å². The fraction of sp³-hybridized carbons (Fsp3) is 0.357. The molecule has 2 aromatic carbocycles. The molecular formula is C28H35N5O4. The van der Waals surface area contributed by atoms with E-state index in [0.29, 0.717) is 25.1 Å². The molecule has 0 aliphatic heterocycles. The molecule has 9 heteroatoms.